The van der Waals surface area contributed by atoms with Crippen molar-refractivity contribution in [2.24, 2.45) is 5.92 Å². The van der Waals surface area contributed by atoms with Gasteiger partial charge in [-0.3, -0.25) is 4.79 Å². The van der Waals surface area contributed by atoms with Gasteiger partial charge >= 0.3 is 0 Å². The van der Waals surface area contributed by atoms with E-state index >= 15 is 0 Å². The molecule has 2 aliphatic carbocycles. The van der Waals surface area contributed by atoms with Gasteiger partial charge in [0.1, 0.15) is 0 Å². The third-order valence-electron chi connectivity index (χ3n) is 5.09. The number of halogens is 1. The van der Waals surface area contributed by atoms with Crippen LogP contribution in [0.3, 0.4) is 0 Å². The number of carbonyl (C=O) groups is 1. The maximum Gasteiger partial charge on any atom is 0.224 e. The van der Waals surface area contributed by atoms with Gasteiger partial charge in [0.05, 0.1) is 6.04 Å². The second-order valence-electron chi connectivity index (χ2n) is 6.66. The van der Waals surface area contributed by atoms with Crippen LogP contribution in [0.15, 0.2) is 53.0 Å². The summed E-state index contributed by atoms with van der Waals surface area (Å²) in [5.41, 5.74) is 3.97. The van der Waals surface area contributed by atoms with Crippen LogP contribution in [0, 0.1) is 5.92 Å². The van der Waals surface area contributed by atoms with Gasteiger partial charge in [0.2, 0.25) is 5.91 Å². The number of rotatable bonds is 3. The van der Waals surface area contributed by atoms with Crippen LogP contribution >= 0.6 is 15.9 Å². The largest absolute Gasteiger partial charge is 0.349 e. The van der Waals surface area contributed by atoms with E-state index in [2.05, 4.69) is 57.6 Å². The molecule has 1 fully saturated rings. The molecule has 3 heteroatoms. The van der Waals surface area contributed by atoms with E-state index in [1.807, 2.05) is 12.1 Å². The van der Waals surface area contributed by atoms with Crippen molar-refractivity contribution in [3.63, 3.8) is 0 Å². The van der Waals surface area contributed by atoms with E-state index in [1.54, 1.807) is 0 Å². The van der Waals surface area contributed by atoms with Gasteiger partial charge in [0.25, 0.3) is 0 Å². The second-order valence-corrected chi connectivity index (χ2v) is 7.57. The highest BCUT2D eigenvalue weighted by Gasteiger charge is 2.44. The van der Waals surface area contributed by atoms with Crippen molar-refractivity contribution >= 4 is 21.8 Å². The molecular formula is C20H20BrNO. The first-order valence-electron chi connectivity index (χ1n) is 8.36. The lowest BCUT2D eigenvalue weighted by Crippen LogP contribution is -2.32. The molecule has 0 spiro atoms. The van der Waals surface area contributed by atoms with Gasteiger partial charge in [-0.2, -0.15) is 0 Å². The Bertz CT molecular complexity index is 742. The average Bonchev–Trinajstić information content (AvgIpc) is 3.36. The quantitative estimate of drug-likeness (QED) is 0.830. The summed E-state index contributed by atoms with van der Waals surface area (Å²) in [6, 6.07) is 17.0. The molecule has 3 atom stereocenters. The molecule has 2 aromatic rings. The lowest BCUT2D eigenvalue weighted by Gasteiger charge is -2.26. The fourth-order valence-corrected chi connectivity index (χ4v) is 4.19. The maximum atomic E-state index is 12.6. The first-order valence-corrected chi connectivity index (χ1v) is 9.15. The summed E-state index contributed by atoms with van der Waals surface area (Å²) < 4.78 is 1.09. The highest BCUT2D eigenvalue weighted by molar-refractivity contribution is 9.10. The molecule has 0 radical (unpaired) electrons. The minimum Gasteiger partial charge on any atom is -0.349 e. The molecule has 3 unspecified atom stereocenters. The van der Waals surface area contributed by atoms with E-state index in [4.69, 9.17) is 0 Å². The Balaban J connectivity index is 1.44. The van der Waals surface area contributed by atoms with Crippen molar-refractivity contribution in [3.05, 3.63) is 69.7 Å². The topological polar surface area (TPSA) is 29.1 Å². The molecule has 0 aliphatic heterocycles. The van der Waals surface area contributed by atoms with Crippen LogP contribution < -0.4 is 5.32 Å². The Morgan fingerprint density at radius 2 is 2.00 bits per heavy atom. The van der Waals surface area contributed by atoms with Crippen LogP contribution in [0.25, 0.3) is 0 Å². The zero-order valence-electron chi connectivity index (χ0n) is 13.0. The fraction of sp³-hybridized carbons (Fsp3) is 0.350. The minimum absolute atomic E-state index is 0.137. The van der Waals surface area contributed by atoms with E-state index in [9.17, 15) is 4.79 Å². The number of nitrogens with one attached hydrogen (secondary N) is 1. The van der Waals surface area contributed by atoms with Gasteiger partial charge in [0, 0.05) is 10.4 Å². The minimum atomic E-state index is 0.137. The molecule has 0 heterocycles. The van der Waals surface area contributed by atoms with E-state index < -0.39 is 0 Å². The van der Waals surface area contributed by atoms with Gasteiger partial charge in [-0.1, -0.05) is 52.3 Å². The van der Waals surface area contributed by atoms with Gasteiger partial charge in [0.15, 0.2) is 0 Å². The Morgan fingerprint density at radius 1 is 1.13 bits per heavy atom. The van der Waals surface area contributed by atoms with Gasteiger partial charge in [-0.05, 0) is 60.4 Å². The third-order valence-corrected chi connectivity index (χ3v) is 5.58. The van der Waals surface area contributed by atoms with Crippen molar-refractivity contribution in [2.75, 3.05) is 0 Å². The first kappa shape index (κ1) is 14.9. The highest BCUT2D eigenvalue weighted by atomic mass is 79.9. The summed E-state index contributed by atoms with van der Waals surface area (Å²) in [4.78, 5) is 12.6. The number of aryl methyl sites for hydroxylation is 1. The monoisotopic (exact) mass is 369 g/mol. The number of hydrogen-bond acceptors (Lipinski definition) is 1. The van der Waals surface area contributed by atoms with Crippen molar-refractivity contribution in [3.8, 4) is 0 Å². The zero-order valence-corrected chi connectivity index (χ0v) is 14.6. The Kier molecular flexibility index (Phi) is 3.98. The molecule has 1 N–H and O–H groups in total. The molecule has 0 bridgehead atoms. The molecule has 4 rings (SSSR count). The smallest absolute Gasteiger partial charge is 0.224 e. The summed E-state index contributed by atoms with van der Waals surface area (Å²) in [6.07, 6.45) is 4.31. The molecule has 2 aromatic carbocycles. The first-order chi connectivity index (χ1) is 11.2. The lowest BCUT2D eigenvalue weighted by molar-refractivity contribution is -0.123. The number of carbonyl (C=O) groups excluding carboxylic acids is 1. The molecule has 1 saturated carbocycles. The molecule has 23 heavy (non-hydrogen) atoms. The number of hydrogen-bond donors (Lipinski definition) is 1. The second kappa shape index (κ2) is 6.12. The van der Waals surface area contributed by atoms with E-state index in [0.717, 1.165) is 30.2 Å². The molecular weight excluding hydrogens is 350 g/mol. The van der Waals surface area contributed by atoms with Gasteiger partial charge < -0.3 is 5.32 Å². The fourth-order valence-electron chi connectivity index (χ4n) is 3.77. The van der Waals surface area contributed by atoms with Crippen LogP contribution in [-0.4, -0.2) is 5.91 Å². The Hall–Kier alpha value is -1.61. The van der Waals surface area contributed by atoms with Crippen LogP contribution in [0.1, 0.15) is 47.9 Å². The Labute approximate surface area is 145 Å². The molecule has 118 valence electrons. The molecule has 0 aromatic heterocycles. The molecule has 2 nitrogen and oxygen atoms in total. The number of amides is 1. The van der Waals surface area contributed by atoms with Crippen LogP contribution in [-0.2, 0) is 11.2 Å². The number of benzene rings is 2. The predicted molar refractivity (Wildman–Crippen MR) is 95.3 cm³/mol. The van der Waals surface area contributed by atoms with Crippen LogP contribution in [0.5, 0.6) is 0 Å². The average molecular weight is 370 g/mol. The van der Waals surface area contributed by atoms with Crippen molar-refractivity contribution in [2.45, 2.75) is 37.6 Å². The normalized spacial score (nSPS) is 25.5. The van der Waals surface area contributed by atoms with Crippen LogP contribution in [0.2, 0.25) is 0 Å². The van der Waals surface area contributed by atoms with Gasteiger partial charge in [-0.25, -0.2) is 0 Å². The predicted octanol–water partition coefficient (Wildman–Crippen LogP) is 4.75. The summed E-state index contributed by atoms with van der Waals surface area (Å²) >= 11 is 3.51. The summed E-state index contributed by atoms with van der Waals surface area (Å²) in [5, 5.41) is 3.30. The molecule has 2 aliphatic rings. The lowest BCUT2D eigenvalue weighted by atomic mass is 9.87. The van der Waals surface area contributed by atoms with E-state index in [-0.39, 0.29) is 17.9 Å². The highest BCUT2D eigenvalue weighted by Crippen LogP contribution is 2.48. The maximum absolute atomic E-state index is 12.6. The van der Waals surface area contributed by atoms with Crippen molar-refractivity contribution in [1.82, 2.24) is 5.32 Å². The standard InChI is InChI=1S/C20H20BrNO/c21-15-8-3-7-14(11-15)17-12-18(17)20(23)22-19-10-4-6-13-5-1-2-9-16(13)19/h1-3,5,7-9,11,17-19H,4,6,10,12H2,(H,22,23). The SMILES string of the molecule is O=C(NC1CCCc2ccccc21)C1CC1c1cccc(Br)c1. The van der Waals surface area contributed by atoms with E-state index in [0.29, 0.717) is 5.92 Å². The zero-order chi connectivity index (χ0) is 15.8. The van der Waals surface area contributed by atoms with Crippen LogP contribution in [0.4, 0.5) is 0 Å². The molecule has 1 amide bonds. The van der Waals surface area contributed by atoms with Crippen molar-refractivity contribution in [1.29, 1.82) is 0 Å². The van der Waals surface area contributed by atoms with Gasteiger partial charge in [-0.15, -0.1) is 0 Å². The summed E-state index contributed by atoms with van der Waals surface area (Å²) in [6.45, 7) is 0. The third kappa shape index (κ3) is 3.07. The van der Waals surface area contributed by atoms with Crippen molar-refractivity contribution < 1.29 is 4.79 Å². The summed E-state index contributed by atoms with van der Waals surface area (Å²) in [5.74, 6) is 0.737. The Morgan fingerprint density at radius 3 is 2.87 bits per heavy atom. The van der Waals surface area contributed by atoms with E-state index in [1.165, 1.54) is 16.7 Å². The molecule has 0 saturated heterocycles. The summed E-state index contributed by atoms with van der Waals surface area (Å²) in [7, 11) is 0. The number of fused-ring (bicyclic) bond motifs is 1.